The second kappa shape index (κ2) is 4.14. The highest BCUT2D eigenvalue weighted by Gasteiger charge is 2.06. The minimum Gasteiger partial charge on any atom is -0.368 e. The van der Waals surface area contributed by atoms with E-state index in [-0.39, 0.29) is 0 Å². The molecule has 1 aromatic carbocycles. The van der Waals surface area contributed by atoms with Gasteiger partial charge in [-0.15, -0.1) is 10.2 Å². The zero-order valence-corrected chi connectivity index (χ0v) is 10.1. The van der Waals surface area contributed by atoms with Crippen LogP contribution < -0.4 is 5.32 Å². The maximum Gasteiger partial charge on any atom is 0.151 e. The summed E-state index contributed by atoms with van der Waals surface area (Å²) < 4.78 is 6.28. The Balaban J connectivity index is 1.84. The van der Waals surface area contributed by atoms with Crippen molar-refractivity contribution < 1.29 is 0 Å². The number of anilines is 1. The summed E-state index contributed by atoms with van der Waals surface area (Å²) in [6, 6.07) is 8.09. The molecule has 2 heterocycles. The Kier molecular flexibility index (Phi) is 2.49. The van der Waals surface area contributed by atoms with E-state index in [0.717, 1.165) is 21.7 Å². The summed E-state index contributed by atoms with van der Waals surface area (Å²) in [5.74, 6) is 0.905. The number of benzene rings is 1. The third kappa shape index (κ3) is 1.87. The van der Waals surface area contributed by atoms with Crippen LogP contribution >= 0.6 is 11.5 Å². The number of rotatable bonds is 3. The van der Waals surface area contributed by atoms with E-state index in [2.05, 4.69) is 26.0 Å². The van der Waals surface area contributed by atoms with Crippen LogP contribution in [0.15, 0.2) is 30.6 Å². The van der Waals surface area contributed by atoms with Gasteiger partial charge < -0.3 is 9.88 Å². The third-order valence-electron chi connectivity index (χ3n) is 2.60. The first-order valence-corrected chi connectivity index (χ1v) is 6.03. The SMILES string of the molecule is Cn1cnnc1CNc1snc2ccccc12. The van der Waals surface area contributed by atoms with Crippen LogP contribution in [-0.4, -0.2) is 19.1 Å². The maximum atomic E-state index is 4.38. The minimum atomic E-state index is 0.655. The molecular formula is C11H11N5S. The maximum absolute atomic E-state index is 4.38. The van der Waals surface area contributed by atoms with Crippen LogP contribution in [-0.2, 0) is 13.6 Å². The Bertz CT molecular complexity index is 642. The van der Waals surface area contributed by atoms with Crippen molar-refractivity contribution in [3.8, 4) is 0 Å². The van der Waals surface area contributed by atoms with Gasteiger partial charge in [-0.05, 0) is 23.7 Å². The first kappa shape index (κ1) is 10.2. The molecule has 0 saturated heterocycles. The normalized spacial score (nSPS) is 10.9. The van der Waals surface area contributed by atoms with Crippen LogP contribution in [0.3, 0.4) is 0 Å². The molecule has 0 atom stereocenters. The fourth-order valence-corrected chi connectivity index (χ4v) is 2.40. The highest BCUT2D eigenvalue weighted by molar-refractivity contribution is 7.11. The quantitative estimate of drug-likeness (QED) is 0.767. The molecule has 2 aromatic heterocycles. The number of hydrogen-bond donors (Lipinski definition) is 1. The Morgan fingerprint density at radius 1 is 1.35 bits per heavy atom. The lowest BCUT2D eigenvalue weighted by molar-refractivity contribution is 0.813. The van der Waals surface area contributed by atoms with Gasteiger partial charge in [-0.25, -0.2) is 0 Å². The second-order valence-corrected chi connectivity index (χ2v) is 4.51. The van der Waals surface area contributed by atoms with Crippen LogP contribution in [0.25, 0.3) is 10.9 Å². The van der Waals surface area contributed by atoms with Crippen molar-refractivity contribution >= 4 is 27.4 Å². The molecule has 6 heteroatoms. The summed E-state index contributed by atoms with van der Waals surface area (Å²) in [6.45, 7) is 0.655. The Morgan fingerprint density at radius 2 is 2.24 bits per heavy atom. The lowest BCUT2D eigenvalue weighted by Gasteiger charge is -2.02. The predicted octanol–water partition coefficient (Wildman–Crippen LogP) is 2.04. The van der Waals surface area contributed by atoms with Crippen LogP contribution in [0, 0.1) is 0 Å². The van der Waals surface area contributed by atoms with Crippen molar-refractivity contribution in [2.24, 2.45) is 7.05 Å². The van der Waals surface area contributed by atoms with E-state index >= 15 is 0 Å². The molecule has 0 radical (unpaired) electrons. The average molecular weight is 245 g/mol. The summed E-state index contributed by atoms with van der Waals surface area (Å²) in [5, 5.41) is 13.4. The van der Waals surface area contributed by atoms with Crippen molar-refractivity contribution in [1.82, 2.24) is 19.1 Å². The molecule has 86 valence electrons. The van der Waals surface area contributed by atoms with Gasteiger partial charge in [0.2, 0.25) is 0 Å². The Hall–Kier alpha value is -1.95. The zero-order chi connectivity index (χ0) is 11.7. The van der Waals surface area contributed by atoms with Gasteiger partial charge in [0.15, 0.2) is 5.82 Å². The molecule has 0 aliphatic rings. The van der Waals surface area contributed by atoms with Gasteiger partial charge in [-0.3, -0.25) is 0 Å². The summed E-state index contributed by atoms with van der Waals surface area (Å²) in [7, 11) is 1.93. The summed E-state index contributed by atoms with van der Waals surface area (Å²) in [4.78, 5) is 0. The predicted molar refractivity (Wildman–Crippen MR) is 67.9 cm³/mol. The number of nitrogens with zero attached hydrogens (tertiary/aromatic N) is 4. The highest BCUT2D eigenvalue weighted by atomic mass is 32.1. The molecule has 1 N–H and O–H groups in total. The van der Waals surface area contributed by atoms with Gasteiger partial charge in [0.1, 0.15) is 11.3 Å². The number of hydrogen-bond acceptors (Lipinski definition) is 5. The van der Waals surface area contributed by atoms with E-state index in [4.69, 9.17) is 0 Å². The first-order chi connectivity index (χ1) is 8.34. The van der Waals surface area contributed by atoms with Crippen molar-refractivity contribution in [3.05, 3.63) is 36.4 Å². The van der Waals surface area contributed by atoms with Crippen LogP contribution in [0.2, 0.25) is 0 Å². The molecule has 3 rings (SSSR count). The van der Waals surface area contributed by atoms with Crippen LogP contribution in [0.4, 0.5) is 5.00 Å². The van der Waals surface area contributed by atoms with Gasteiger partial charge in [-0.2, -0.15) is 4.37 Å². The number of aryl methyl sites for hydroxylation is 1. The van der Waals surface area contributed by atoms with Crippen LogP contribution in [0.5, 0.6) is 0 Å². The van der Waals surface area contributed by atoms with E-state index in [1.54, 1.807) is 6.33 Å². The molecule has 5 nitrogen and oxygen atoms in total. The zero-order valence-electron chi connectivity index (χ0n) is 9.29. The van der Waals surface area contributed by atoms with Crippen molar-refractivity contribution in [2.45, 2.75) is 6.54 Å². The number of aromatic nitrogens is 4. The lowest BCUT2D eigenvalue weighted by Crippen LogP contribution is -2.04. The minimum absolute atomic E-state index is 0.655. The molecule has 0 fully saturated rings. The molecular weight excluding hydrogens is 234 g/mol. The smallest absolute Gasteiger partial charge is 0.151 e. The van der Waals surface area contributed by atoms with Gasteiger partial charge in [0, 0.05) is 12.4 Å². The van der Waals surface area contributed by atoms with Gasteiger partial charge in [-0.1, -0.05) is 12.1 Å². The molecule has 0 amide bonds. The largest absolute Gasteiger partial charge is 0.368 e. The fraction of sp³-hybridized carbons (Fsp3) is 0.182. The number of fused-ring (bicyclic) bond motifs is 1. The standard InChI is InChI=1S/C11H11N5S/c1-16-7-13-14-10(16)6-12-11-8-4-2-3-5-9(8)15-17-11/h2-5,7,12H,6H2,1H3. The average Bonchev–Trinajstić information content (AvgIpc) is 2.93. The molecule has 0 aliphatic heterocycles. The van der Waals surface area contributed by atoms with E-state index in [1.807, 2.05) is 29.8 Å². The molecule has 0 unspecified atom stereocenters. The number of nitrogens with one attached hydrogen (secondary N) is 1. The van der Waals surface area contributed by atoms with Crippen molar-refractivity contribution in [2.75, 3.05) is 5.32 Å². The summed E-state index contributed by atoms with van der Waals surface area (Å²) in [5.41, 5.74) is 1.03. The lowest BCUT2D eigenvalue weighted by atomic mass is 10.2. The van der Waals surface area contributed by atoms with E-state index in [0.29, 0.717) is 6.54 Å². The van der Waals surface area contributed by atoms with E-state index in [1.165, 1.54) is 11.5 Å². The van der Waals surface area contributed by atoms with Gasteiger partial charge in [0.05, 0.1) is 12.1 Å². The van der Waals surface area contributed by atoms with Gasteiger partial charge >= 0.3 is 0 Å². The summed E-state index contributed by atoms with van der Waals surface area (Å²) >= 11 is 1.47. The molecule has 0 spiro atoms. The third-order valence-corrected chi connectivity index (χ3v) is 3.43. The first-order valence-electron chi connectivity index (χ1n) is 5.26. The molecule has 0 bridgehead atoms. The molecule has 0 aliphatic carbocycles. The van der Waals surface area contributed by atoms with Crippen molar-refractivity contribution in [3.63, 3.8) is 0 Å². The molecule has 3 aromatic rings. The molecule has 17 heavy (non-hydrogen) atoms. The molecule has 0 saturated carbocycles. The highest BCUT2D eigenvalue weighted by Crippen LogP contribution is 2.27. The van der Waals surface area contributed by atoms with Crippen LogP contribution in [0.1, 0.15) is 5.82 Å². The van der Waals surface area contributed by atoms with E-state index < -0.39 is 0 Å². The topological polar surface area (TPSA) is 55.6 Å². The Morgan fingerprint density at radius 3 is 3.06 bits per heavy atom. The van der Waals surface area contributed by atoms with Gasteiger partial charge in [0.25, 0.3) is 0 Å². The second-order valence-electron chi connectivity index (χ2n) is 3.74. The van der Waals surface area contributed by atoms with E-state index in [9.17, 15) is 0 Å². The van der Waals surface area contributed by atoms with Crippen molar-refractivity contribution in [1.29, 1.82) is 0 Å². The fourth-order valence-electron chi connectivity index (χ4n) is 1.64. The monoisotopic (exact) mass is 245 g/mol. The Labute approximate surface area is 102 Å². The summed E-state index contributed by atoms with van der Waals surface area (Å²) in [6.07, 6.45) is 1.70.